The number of carboxylic acids is 1. The van der Waals surface area contributed by atoms with Crippen LogP contribution in [0, 0.1) is 5.92 Å². The Balaban J connectivity index is 3.70. The summed E-state index contributed by atoms with van der Waals surface area (Å²) in [5.41, 5.74) is 16.4. The van der Waals surface area contributed by atoms with E-state index in [2.05, 4.69) is 42.2 Å². The van der Waals surface area contributed by atoms with Crippen LogP contribution in [0.4, 0.5) is 0 Å². The van der Waals surface area contributed by atoms with Gasteiger partial charge < -0.3 is 63.1 Å². The van der Waals surface area contributed by atoms with Gasteiger partial charge in [-0.25, -0.2) is 0 Å². The van der Waals surface area contributed by atoms with Gasteiger partial charge >= 0.3 is 5.96 Å². The zero-order valence-electron chi connectivity index (χ0n) is 31.4. The molecule has 0 spiro atoms. The molecule has 1 saturated heterocycles. The molecule has 0 aliphatic carbocycles. The molecule has 1 aliphatic heterocycles. The van der Waals surface area contributed by atoms with Crippen molar-refractivity contribution in [1.82, 2.24) is 37.2 Å². The Morgan fingerprint density at radius 2 is 1.34 bits per heavy atom. The molecule has 316 valence electrons. The minimum absolute atomic E-state index is 0.00753. The number of hydrogen-bond donors (Lipinski definition) is 13. The van der Waals surface area contributed by atoms with E-state index in [4.69, 9.17) is 17.2 Å². The van der Waals surface area contributed by atoms with Gasteiger partial charge in [-0.15, -0.1) is 0 Å². The van der Waals surface area contributed by atoms with Gasteiger partial charge in [0.15, 0.2) is 0 Å². The van der Waals surface area contributed by atoms with Gasteiger partial charge in [0.25, 0.3) is 0 Å². The fourth-order valence-corrected chi connectivity index (χ4v) is 7.29. The standard InChI is InChI=1S/C31H53N11O12S2/c1-13(2)8-17-26(50)41-20(24(32)48)11-55-56-12-21(36-15(4)45)29(53)37-16(6-5-7-35-31(33)34)25(49)40-19(10-43)28(52)38-18(9-22(46)47)27(51)42-23(14(3)44)30(54)39-17/h13-14,16-21,23,43-44H,5-12H2,1-4H3,(H2,32,48)(H,36,45)(H,37,53)(H,38,52)(H,39,54)(H,40,49)(H,41,50)(H,42,51)(H,46,47)(H4,33,34,35)/t14-,16+,17+,18+,19+,20+,21+,23+/m1/s1. The number of nitrogens with two attached hydrogens (primary N) is 3. The number of aliphatic hydroxyl groups excluding tert-OH is 2. The van der Waals surface area contributed by atoms with E-state index in [1.807, 2.05) is 0 Å². The highest BCUT2D eigenvalue weighted by Gasteiger charge is 2.35. The van der Waals surface area contributed by atoms with Crippen LogP contribution >= 0.6 is 21.6 Å². The molecule has 0 radical (unpaired) electrons. The number of carbonyl (C=O) groups excluding carboxylic acids is 9. The predicted molar refractivity (Wildman–Crippen MR) is 200 cm³/mol. The lowest BCUT2D eigenvalue weighted by atomic mass is 10.0. The normalized spacial score (nSPS) is 25.9. The zero-order valence-corrected chi connectivity index (χ0v) is 33.0. The summed E-state index contributed by atoms with van der Waals surface area (Å²) in [5, 5.41) is 48.3. The van der Waals surface area contributed by atoms with Gasteiger partial charge in [-0.1, -0.05) is 35.4 Å². The van der Waals surface area contributed by atoms with Crippen LogP contribution in [-0.4, -0.2) is 142 Å². The maximum absolute atomic E-state index is 13.5. The Morgan fingerprint density at radius 3 is 1.88 bits per heavy atom. The molecule has 8 atom stereocenters. The highest BCUT2D eigenvalue weighted by atomic mass is 33.1. The smallest absolute Gasteiger partial charge is 0.338 e. The molecule has 0 unspecified atom stereocenters. The molecular weight excluding hydrogens is 783 g/mol. The molecule has 1 fully saturated rings. The number of carboxylic acid groups (broad SMARTS) is 1. The van der Waals surface area contributed by atoms with Crippen molar-refractivity contribution in [3.63, 3.8) is 0 Å². The second kappa shape index (κ2) is 24.6. The first kappa shape index (κ1) is 49.1. The summed E-state index contributed by atoms with van der Waals surface area (Å²) in [6, 6.07) is -10.9. The van der Waals surface area contributed by atoms with Crippen molar-refractivity contribution in [2.75, 3.05) is 24.7 Å². The van der Waals surface area contributed by atoms with Crippen LogP contribution in [0.15, 0.2) is 0 Å². The van der Waals surface area contributed by atoms with Crippen LogP contribution in [0.2, 0.25) is 0 Å². The van der Waals surface area contributed by atoms with Crippen molar-refractivity contribution in [2.24, 2.45) is 23.1 Å². The lowest BCUT2D eigenvalue weighted by Crippen LogP contribution is -2.78. The average Bonchev–Trinajstić information content (AvgIpc) is 3.08. The van der Waals surface area contributed by atoms with Crippen LogP contribution in [-0.2, 0) is 43.2 Å². The van der Waals surface area contributed by atoms with Gasteiger partial charge in [-0.3, -0.25) is 54.8 Å². The fraction of sp³-hybridized carbons (Fsp3) is 0.677. The third-order valence-electron chi connectivity index (χ3n) is 7.76. The SMILES string of the molecule is CC(=O)N[C@H]1CSSC[C@@H](C(N)=O)NC(=O)[C@H](CC(C)C)NC(=O)[C@H]([C@@H](C)O)NC(=O)[C@H](CC(=O)[O-])NC(=O)[C@H](CO)NC(=O)[C@H](CCC[NH+]=C(N)N)NC1=O. The number of nitrogens with one attached hydrogen (secondary N) is 8. The number of aliphatic carboxylic acids is 1. The van der Waals surface area contributed by atoms with E-state index in [0.717, 1.165) is 35.4 Å². The highest BCUT2D eigenvalue weighted by molar-refractivity contribution is 8.76. The van der Waals surface area contributed by atoms with E-state index >= 15 is 0 Å². The van der Waals surface area contributed by atoms with Crippen LogP contribution in [0.1, 0.15) is 53.4 Å². The summed E-state index contributed by atoms with van der Waals surface area (Å²) in [5.74, 6) is -10.4. The Morgan fingerprint density at radius 1 is 0.804 bits per heavy atom. The lowest BCUT2D eigenvalue weighted by molar-refractivity contribution is -0.459. The Hall–Kier alpha value is -4.88. The molecule has 25 heteroatoms. The molecular formula is C31H53N11O12S2. The summed E-state index contributed by atoms with van der Waals surface area (Å²) >= 11 is 0. The summed E-state index contributed by atoms with van der Waals surface area (Å²) < 4.78 is 0. The largest absolute Gasteiger partial charge is 0.550 e. The Kier molecular flexibility index (Phi) is 21.6. The number of amides is 8. The van der Waals surface area contributed by atoms with Gasteiger partial charge in [0.05, 0.1) is 19.3 Å². The predicted octanol–water partition coefficient (Wildman–Crippen LogP) is -9.03. The van der Waals surface area contributed by atoms with E-state index in [-0.39, 0.29) is 49.2 Å². The van der Waals surface area contributed by atoms with Gasteiger partial charge in [0, 0.05) is 30.8 Å². The Bertz CT molecular complexity index is 1460. The molecule has 23 nitrogen and oxygen atoms in total. The first-order valence-corrected chi connectivity index (χ1v) is 19.9. The highest BCUT2D eigenvalue weighted by Crippen LogP contribution is 2.23. The average molecular weight is 836 g/mol. The van der Waals surface area contributed by atoms with Gasteiger partial charge in [-0.05, 0) is 32.1 Å². The van der Waals surface area contributed by atoms with E-state index in [1.54, 1.807) is 13.8 Å². The molecule has 0 saturated carbocycles. The van der Waals surface area contributed by atoms with Gasteiger partial charge in [-0.2, -0.15) is 0 Å². The first-order chi connectivity index (χ1) is 26.2. The topological polar surface area (TPSA) is 393 Å². The lowest BCUT2D eigenvalue weighted by Gasteiger charge is -2.28. The van der Waals surface area contributed by atoms with Crippen LogP contribution in [0.25, 0.3) is 0 Å². The minimum atomic E-state index is -1.99. The number of aliphatic hydroxyl groups is 2. The Labute approximate surface area is 330 Å². The summed E-state index contributed by atoms with van der Waals surface area (Å²) in [7, 11) is 2.01. The maximum Gasteiger partial charge on any atom is 0.338 e. The second-order valence-electron chi connectivity index (χ2n) is 13.2. The van der Waals surface area contributed by atoms with E-state index < -0.39 is 115 Å². The third kappa shape index (κ3) is 18.2. The molecule has 1 heterocycles. The van der Waals surface area contributed by atoms with Crippen molar-refractivity contribution in [3.05, 3.63) is 0 Å². The number of carbonyl (C=O) groups is 9. The molecule has 56 heavy (non-hydrogen) atoms. The molecule has 1 rings (SSSR count). The van der Waals surface area contributed by atoms with E-state index in [9.17, 15) is 58.5 Å². The fourth-order valence-electron chi connectivity index (χ4n) is 4.95. The van der Waals surface area contributed by atoms with Crippen molar-refractivity contribution < 1.29 is 63.5 Å². The summed E-state index contributed by atoms with van der Waals surface area (Å²) in [4.78, 5) is 119. The van der Waals surface area contributed by atoms with Crippen molar-refractivity contribution in [1.29, 1.82) is 0 Å². The number of hydrogen-bond acceptors (Lipinski definition) is 14. The molecule has 0 aromatic rings. The first-order valence-electron chi connectivity index (χ1n) is 17.4. The van der Waals surface area contributed by atoms with Gasteiger partial charge in [0.1, 0.15) is 42.3 Å². The van der Waals surface area contributed by atoms with Crippen LogP contribution < -0.4 is 64.5 Å². The van der Waals surface area contributed by atoms with Crippen LogP contribution in [0.5, 0.6) is 0 Å². The monoisotopic (exact) mass is 835 g/mol. The molecule has 0 bridgehead atoms. The zero-order chi connectivity index (χ0) is 42.7. The van der Waals surface area contributed by atoms with Crippen molar-refractivity contribution in [2.45, 2.75) is 102 Å². The third-order valence-corrected chi connectivity index (χ3v) is 10.2. The molecule has 16 N–H and O–H groups in total. The van der Waals surface area contributed by atoms with E-state index in [1.165, 1.54) is 0 Å². The second-order valence-corrected chi connectivity index (χ2v) is 15.7. The molecule has 0 aromatic heterocycles. The molecule has 0 aromatic carbocycles. The summed E-state index contributed by atoms with van der Waals surface area (Å²) in [6.07, 6.45) is -2.75. The maximum atomic E-state index is 13.5. The van der Waals surface area contributed by atoms with Crippen molar-refractivity contribution in [3.8, 4) is 0 Å². The van der Waals surface area contributed by atoms with Crippen LogP contribution in [0.3, 0.4) is 0 Å². The minimum Gasteiger partial charge on any atom is -0.550 e. The summed E-state index contributed by atoms with van der Waals surface area (Å²) in [6.45, 7) is 4.76. The molecule has 8 amide bonds. The number of rotatable bonds is 12. The van der Waals surface area contributed by atoms with Gasteiger partial charge in [0.2, 0.25) is 47.3 Å². The number of guanidine groups is 1. The number of primary amides is 1. The quantitative estimate of drug-likeness (QED) is 0.0376. The van der Waals surface area contributed by atoms with Crippen molar-refractivity contribution >= 4 is 80.8 Å². The molecule has 1 aliphatic rings. The van der Waals surface area contributed by atoms with E-state index in [0.29, 0.717) is 0 Å².